The van der Waals surface area contributed by atoms with Crippen LogP contribution in [0.3, 0.4) is 0 Å². The van der Waals surface area contributed by atoms with Gasteiger partial charge in [0, 0.05) is 18.1 Å². The second-order valence-electron chi connectivity index (χ2n) is 4.75. The average molecular weight is 385 g/mol. The van der Waals surface area contributed by atoms with Gasteiger partial charge in [-0.1, -0.05) is 35.3 Å². The zero-order chi connectivity index (χ0) is 17.7. The third-order valence-electron chi connectivity index (χ3n) is 3.04. The average Bonchev–Trinajstić information content (AvgIpc) is 2.55. The van der Waals surface area contributed by atoms with Crippen molar-refractivity contribution in [2.45, 2.75) is 4.90 Å². The van der Waals surface area contributed by atoms with Crippen molar-refractivity contribution in [3.8, 4) is 0 Å². The van der Waals surface area contributed by atoms with E-state index in [9.17, 15) is 13.2 Å². The summed E-state index contributed by atoms with van der Waals surface area (Å²) in [6, 6.07) is 10.6. The first kappa shape index (κ1) is 18.3. The highest BCUT2D eigenvalue weighted by Crippen LogP contribution is 2.27. The lowest BCUT2D eigenvalue weighted by molar-refractivity contribution is -0.115. The lowest BCUT2D eigenvalue weighted by Crippen LogP contribution is -2.14. The van der Waals surface area contributed by atoms with E-state index in [-0.39, 0.29) is 21.5 Å². The van der Waals surface area contributed by atoms with Crippen LogP contribution in [0.15, 0.2) is 53.4 Å². The van der Waals surface area contributed by atoms with Crippen molar-refractivity contribution in [1.29, 1.82) is 0 Å². The summed E-state index contributed by atoms with van der Waals surface area (Å²) in [5.41, 5.74) is 0.937. The molecule has 0 aliphatic rings. The van der Waals surface area contributed by atoms with E-state index in [1.54, 1.807) is 18.2 Å². The Kier molecular flexibility index (Phi) is 5.88. The van der Waals surface area contributed by atoms with Gasteiger partial charge in [-0.05, 0) is 42.0 Å². The highest BCUT2D eigenvalue weighted by molar-refractivity contribution is 7.92. The van der Waals surface area contributed by atoms with E-state index in [0.717, 1.165) is 0 Å². The Labute approximate surface area is 150 Å². The fraction of sp³-hybridized carbons (Fsp3) is 0.0625. The predicted octanol–water partition coefficient (Wildman–Crippen LogP) is 3.55. The largest absolute Gasteiger partial charge is 0.356 e. The first-order valence-corrected chi connectivity index (χ1v) is 9.03. The summed E-state index contributed by atoms with van der Waals surface area (Å²) in [7, 11) is -2.26. The fourth-order valence-electron chi connectivity index (χ4n) is 1.79. The number of hydrogen-bond acceptors (Lipinski definition) is 3. The van der Waals surface area contributed by atoms with E-state index in [0.29, 0.717) is 10.6 Å². The van der Waals surface area contributed by atoms with E-state index in [1.165, 1.54) is 43.5 Å². The normalized spacial score (nSPS) is 11.5. The third kappa shape index (κ3) is 4.74. The van der Waals surface area contributed by atoms with Crippen LogP contribution in [-0.2, 0) is 14.8 Å². The summed E-state index contributed by atoms with van der Waals surface area (Å²) in [5, 5.41) is 3.07. The topological polar surface area (TPSA) is 75.3 Å². The molecular formula is C16H14Cl2N2O3S. The Hall–Kier alpha value is -2.02. The molecule has 0 bridgehead atoms. The molecule has 8 heteroatoms. The summed E-state index contributed by atoms with van der Waals surface area (Å²) in [4.78, 5) is 11.2. The minimum absolute atomic E-state index is 0.0746. The maximum absolute atomic E-state index is 12.4. The van der Waals surface area contributed by atoms with Gasteiger partial charge in [0.05, 0.1) is 15.6 Å². The van der Waals surface area contributed by atoms with Gasteiger partial charge < -0.3 is 5.32 Å². The van der Waals surface area contributed by atoms with Crippen LogP contribution >= 0.6 is 23.2 Å². The van der Waals surface area contributed by atoms with Crippen molar-refractivity contribution in [2.24, 2.45) is 0 Å². The molecule has 5 nitrogen and oxygen atoms in total. The SMILES string of the molecule is CNC(=O)/C=C/c1ccc(S(=O)(=O)Nc2ccc(Cl)cc2Cl)cc1. The molecule has 0 heterocycles. The first-order valence-electron chi connectivity index (χ1n) is 6.79. The van der Waals surface area contributed by atoms with Gasteiger partial charge in [0.15, 0.2) is 0 Å². The summed E-state index contributed by atoms with van der Waals surface area (Å²) in [6.45, 7) is 0. The second-order valence-corrected chi connectivity index (χ2v) is 7.27. The smallest absolute Gasteiger partial charge is 0.261 e. The van der Waals surface area contributed by atoms with Crippen LogP contribution in [0.2, 0.25) is 10.0 Å². The van der Waals surface area contributed by atoms with Crippen molar-refractivity contribution in [1.82, 2.24) is 5.32 Å². The van der Waals surface area contributed by atoms with Gasteiger partial charge in [-0.25, -0.2) is 8.42 Å². The highest BCUT2D eigenvalue weighted by atomic mass is 35.5. The number of rotatable bonds is 5. The molecular weight excluding hydrogens is 371 g/mol. The molecule has 0 saturated heterocycles. The summed E-state index contributed by atoms with van der Waals surface area (Å²) in [6.07, 6.45) is 2.94. The molecule has 0 atom stereocenters. The zero-order valence-corrected chi connectivity index (χ0v) is 14.9. The molecule has 0 spiro atoms. The minimum Gasteiger partial charge on any atom is -0.356 e. The number of amides is 1. The maximum Gasteiger partial charge on any atom is 0.261 e. The molecule has 0 aliphatic heterocycles. The monoisotopic (exact) mass is 384 g/mol. The van der Waals surface area contributed by atoms with Crippen molar-refractivity contribution in [2.75, 3.05) is 11.8 Å². The molecule has 2 aromatic rings. The molecule has 0 fully saturated rings. The van der Waals surface area contributed by atoms with Crippen LogP contribution in [0.4, 0.5) is 5.69 Å². The van der Waals surface area contributed by atoms with Gasteiger partial charge >= 0.3 is 0 Å². The van der Waals surface area contributed by atoms with Crippen LogP contribution in [0, 0.1) is 0 Å². The number of anilines is 1. The molecule has 0 aliphatic carbocycles. The summed E-state index contributed by atoms with van der Waals surface area (Å²) < 4.78 is 27.2. The van der Waals surface area contributed by atoms with Gasteiger partial charge in [0.25, 0.3) is 10.0 Å². The Bertz CT molecular complexity index is 879. The quantitative estimate of drug-likeness (QED) is 0.773. The molecule has 24 heavy (non-hydrogen) atoms. The van der Waals surface area contributed by atoms with Crippen LogP contribution in [0.25, 0.3) is 6.08 Å². The Morgan fingerprint density at radius 2 is 1.75 bits per heavy atom. The standard InChI is InChI=1S/C16H14Cl2N2O3S/c1-19-16(21)9-4-11-2-6-13(7-3-11)24(22,23)20-15-8-5-12(17)10-14(15)18/h2-10,20H,1H3,(H,19,21)/b9-4+. The molecule has 2 rings (SSSR count). The number of sulfonamides is 1. The van der Waals surface area contributed by atoms with E-state index >= 15 is 0 Å². The van der Waals surface area contributed by atoms with Gasteiger partial charge in [0.1, 0.15) is 0 Å². The second kappa shape index (κ2) is 7.70. The van der Waals surface area contributed by atoms with Gasteiger partial charge in [0.2, 0.25) is 5.91 Å². The number of halogens is 2. The molecule has 0 saturated carbocycles. The molecule has 2 N–H and O–H groups in total. The van der Waals surface area contributed by atoms with Crippen molar-refractivity contribution in [3.63, 3.8) is 0 Å². The van der Waals surface area contributed by atoms with Gasteiger partial charge in [-0.15, -0.1) is 0 Å². The van der Waals surface area contributed by atoms with E-state index in [1.807, 2.05) is 0 Å². The van der Waals surface area contributed by atoms with E-state index < -0.39 is 10.0 Å². The lowest BCUT2D eigenvalue weighted by Gasteiger charge is -2.10. The predicted molar refractivity (Wildman–Crippen MR) is 96.8 cm³/mol. The van der Waals surface area contributed by atoms with Crippen LogP contribution in [0.5, 0.6) is 0 Å². The number of carbonyl (C=O) groups excluding carboxylic acids is 1. The van der Waals surface area contributed by atoms with Crippen LogP contribution in [0.1, 0.15) is 5.56 Å². The number of nitrogens with one attached hydrogen (secondary N) is 2. The zero-order valence-electron chi connectivity index (χ0n) is 12.6. The van der Waals surface area contributed by atoms with E-state index in [4.69, 9.17) is 23.2 Å². The van der Waals surface area contributed by atoms with Crippen molar-refractivity contribution in [3.05, 3.63) is 64.1 Å². The van der Waals surface area contributed by atoms with Crippen LogP contribution in [-0.4, -0.2) is 21.4 Å². The summed E-state index contributed by atoms with van der Waals surface area (Å²) >= 11 is 11.8. The molecule has 0 aromatic heterocycles. The number of benzene rings is 2. The Morgan fingerprint density at radius 3 is 2.33 bits per heavy atom. The van der Waals surface area contributed by atoms with Crippen molar-refractivity contribution >= 4 is 50.9 Å². The molecule has 0 unspecified atom stereocenters. The third-order valence-corrected chi connectivity index (χ3v) is 4.97. The number of carbonyl (C=O) groups is 1. The molecule has 2 aromatic carbocycles. The number of hydrogen-bond donors (Lipinski definition) is 2. The van der Waals surface area contributed by atoms with E-state index in [2.05, 4.69) is 10.0 Å². The number of likely N-dealkylation sites (N-methyl/N-ethyl adjacent to an activating group) is 1. The highest BCUT2D eigenvalue weighted by Gasteiger charge is 2.15. The molecule has 126 valence electrons. The fourth-order valence-corrected chi connectivity index (χ4v) is 3.38. The van der Waals surface area contributed by atoms with Gasteiger partial charge in [-0.3, -0.25) is 9.52 Å². The van der Waals surface area contributed by atoms with Crippen LogP contribution < -0.4 is 10.0 Å². The minimum atomic E-state index is -3.78. The first-order chi connectivity index (χ1) is 11.3. The summed E-state index contributed by atoms with van der Waals surface area (Å²) in [5.74, 6) is -0.245. The Morgan fingerprint density at radius 1 is 1.08 bits per heavy atom. The van der Waals surface area contributed by atoms with Crippen molar-refractivity contribution < 1.29 is 13.2 Å². The lowest BCUT2D eigenvalue weighted by atomic mass is 10.2. The maximum atomic E-state index is 12.4. The molecule has 0 radical (unpaired) electrons. The van der Waals surface area contributed by atoms with Gasteiger partial charge in [-0.2, -0.15) is 0 Å². The molecule has 1 amide bonds. The Balaban J connectivity index is 2.20.